The molecule has 0 saturated carbocycles. The van der Waals surface area contributed by atoms with Crippen LogP contribution in [0.15, 0.2) is 0 Å². The van der Waals surface area contributed by atoms with E-state index in [2.05, 4.69) is 35.1 Å². The van der Waals surface area contributed by atoms with Gasteiger partial charge >= 0.3 is 5.97 Å². The molecule has 0 unspecified atom stereocenters. The van der Waals surface area contributed by atoms with Crippen molar-refractivity contribution >= 4 is 34.2 Å². The van der Waals surface area contributed by atoms with Crippen molar-refractivity contribution in [1.82, 2.24) is 4.98 Å². The predicted octanol–water partition coefficient (Wildman–Crippen LogP) is 2.79. The lowest BCUT2D eigenvalue weighted by Gasteiger charge is -2.21. The Bertz CT molecular complexity index is 402. The van der Waals surface area contributed by atoms with Crippen LogP contribution < -0.4 is 5.32 Å². The van der Waals surface area contributed by atoms with Crippen LogP contribution in [0.2, 0.25) is 0 Å². The number of thioether (sulfide) groups is 1. The highest BCUT2D eigenvalue weighted by molar-refractivity contribution is 7.99. The van der Waals surface area contributed by atoms with E-state index in [9.17, 15) is 4.79 Å². The topological polar surface area (TPSA) is 51.2 Å². The Labute approximate surface area is 110 Å². The van der Waals surface area contributed by atoms with E-state index in [1.54, 1.807) is 11.8 Å². The van der Waals surface area contributed by atoms with Crippen molar-refractivity contribution in [3.63, 3.8) is 0 Å². The summed E-state index contributed by atoms with van der Waals surface area (Å²) in [6.45, 7) is 7.00. The molecular weight excluding hydrogens is 256 g/mol. The zero-order valence-electron chi connectivity index (χ0n) is 10.8. The van der Waals surface area contributed by atoms with Gasteiger partial charge < -0.3 is 10.1 Å². The lowest BCUT2D eigenvalue weighted by molar-refractivity contribution is 0.0594. The molecule has 17 heavy (non-hydrogen) atoms. The van der Waals surface area contributed by atoms with Gasteiger partial charge in [-0.05, 0) is 27.0 Å². The number of ether oxygens (including phenoxy) is 1. The Morgan fingerprint density at radius 1 is 1.59 bits per heavy atom. The minimum absolute atomic E-state index is 0.144. The van der Waals surface area contributed by atoms with E-state index in [1.807, 2.05) is 6.92 Å². The molecule has 0 radical (unpaired) electrons. The monoisotopic (exact) mass is 274 g/mol. The normalized spacial score (nSPS) is 11.4. The van der Waals surface area contributed by atoms with Crippen molar-refractivity contribution in [2.45, 2.75) is 25.5 Å². The van der Waals surface area contributed by atoms with E-state index in [4.69, 9.17) is 0 Å². The second-order valence-corrected chi connectivity index (χ2v) is 6.95. The van der Waals surface area contributed by atoms with Gasteiger partial charge in [0.15, 0.2) is 10.8 Å². The zero-order chi connectivity index (χ0) is 13.1. The fourth-order valence-electron chi connectivity index (χ4n) is 1.12. The van der Waals surface area contributed by atoms with E-state index in [-0.39, 0.29) is 10.7 Å². The van der Waals surface area contributed by atoms with Gasteiger partial charge in [-0.1, -0.05) is 0 Å². The molecule has 96 valence electrons. The zero-order valence-corrected chi connectivity index (χ0v) is 12.4. The van der Waals surface area contributed by atoms with Crippen molar-refractivity contribution in [3.8, 4) is 0 Å². The third-order valence-electron chi connectivity index (χ3n) is 2.39. The summed E-state index contributed by atoms with van der Waals surface area (Å²) in [6, 6.07) is 0. The number of esters is 1. The number of anilines is 1. The van der Waals surface area contributed by atoms with E-state index in [0.717, 1.165) is 16.6 Å². The number of methoxy groups -OCH3 is 1. The molecular formula is C11H18N2O2S2. The minimum Gasteiger partial charge on any atom is -0.464 e. The molecule has 1 aromatic rings. The van der Waals surface area contributed by atoms with Crippen LogP contribution in [-0.4, -0.2) is 35.6 Å². The Morgan fingerprint density at radius 2 is 2.24 bits per heavy atom. The van der Waals surface area contributed by atoms with Crippen molar-refractivity contribution in [1.29, 1.82) is 0 Å². The lowest BCUT2D eigenvalue weighted by atomic mass is 10.2. The molecule has 0 amide bonds. The number of nitrogens with zero attached hydrogens (tertiary/aromatic N) is 1. The van der Waals surface area contributed by atoms with Crippen LogP contribution >= 0.6 is 23.1 Å². The molecule has 0 aliphatic rings. The highest BCUT2D eigenvalue weighted by atomic mass is 32.2. The molecule has 0 atom stereocenters. The SMILES string of the molecule is COC(=O)c1nc(NCC(C)(C)SC)sc1C. The fourth-order valence-corrected chi connectivity index (χ4v) is 2.13. The van der Waals surface area contributed by atoms with E-state index in [1.165, 1.54) is 18.4 Å². The van der Waals surface area contributed by atoms with Crippen molar-refractivity contribution in [2.24, 2.45) is 0 Å². The highest BCUT2D eigenvalue weighted by Crippen LogP contribution is 2.26. The smallest absolute Gasteiger partial charge is 0.357 e. The third kappa shape index (κ3) is 3.89. The minimum atomic E-state index is -0.379. The van der Waals surface area contributed by atoms with Gasteiger partial charge in [0, 0.05) is 16.2 Å². The first-order valence-corrected chi connectivity index (χ1v) is 7.28. The first-order chi connectivity index (χ1) is 7.89. The fraction of sp³-hybridized carbons (Fsp3) is 0.636. The number of aromatic nitrogens is 1. The molecule has 0 saturated heterocycles. The summed E-state index contributed by atoms with van der Waals surface area (Å²) in [4.78, 5) is 16.5. The summed E-state index contributed by atoms with van der Waals surface area (Å²) in [5.41, 5.74) is 0.405. The Hall–Kier alpha value is -0.750. The molecule has 0 aliphatic heterocycles. The average molecular weight is 274 g/mol. The van der Waals surface area contributed by atoms with Crippen LogP contribution in [0.3, 0.4) is 0 Å². The van der Waals surface area contributed by atoms with Crippen molar-refractivity contribution in [3.05, 3.63) is 10.6 Å². The number of aryl methyl sites for hydroxylation is 1. The van der Waals surface area contributed by atoms with Gasteiger partial charge in [0.05, 0.1) is 7.11 Å². The van der Waals surface area contributed by atoms with Crippen molar-refractivity contribution in [2.75, 3.05) is 25.2 Å². The molecule has 0 bridgehead atoms. The molecule has 0 spiro atoms. The summed E-state index contributed by atoms with van der Waals surface area (Å²) in [7, 11) is 1.37. The Morgan fingerprint density at radius 3 is 2.76 bits per heavy atom. The quantitative estimate of drug-likeness (QED) is 0.837. The molecule has 1 N–H and O–H groups in total. The van der Waals surface area contributed by atoms with Gasteiger partial charge in [-0.2, -0.15) is 11.8 Å². The average Bonchev–Trinajstić information content (AvgIpc) is 2.67. The number of carbonyl (C=O) groups is 1. The number of nitrogens with one attached hydrogen (secondary N) is 1. The van der Waals surface area contributed by atoms with Gasteiger partial charge in [0.1, 0.15) is 0 Å². The Kier molecular flexibility index (Phi) is 4.82. The summed E-state index contributed by atoms with van der Waals surface area (Å²) in [6.07, 6.45) is 2.08. The summed E-state index contributed by atoms with van der Waals surface area (Å²) in [5.74, 6) is -0.379. The number of carbonyl (C=O) groups excluding carboxylic acids is 1. The van der Waals surface area contributed by atoms with Gasteiger partial charge in [-0.3, -0.25) is 0 Å². The maximum atomic E-state index is 11.4. The van der Waals surface area contributed by atoms with Gasteiger partial charge in [-0.15, -0.1) is 11.3 Å². The van der Waals surface area contributed by atoms with Crippen LogP contribution in [0.5, 0.6) is 0 Å². The number of thiazole rings is 1. The van der Waals surface area contributed by atoms with Crippen LogP contribution in [-0.2, 0) is 4.74 Å². The highest BCUT2D eigenvalue weighted by Gasteiger charge is 2.19. The van der Waals surface area contributed by atoms with Crippen molar-refractivity contribution < 1.29 is 9.53 Å². The maximum absolute atomic E-state index is 11.4. The van der Waals surface area contributed by atoms with E-state index >= 15 is 0 Å². The summed E-state index contributed by atoms with van der Waals surface area (Å²) in [5, 5.41) is 4.02. The van der Waals surface area contributed by atoms with E-state index < -0.39 is 0 Å². The van der Waals surface area contributed by atoms with Gasteiger partial charge in [-0.25, -0.2) is 9.78 Å². The predicted molar refractivity (Wildman–Crippen MR) is 74.3 cm³/mol. The molecule has 1 heterocycles. The summed E-state index contributed by atoms with van der Waals surface area (Å²) >= 11 is 3.27. The van der Waals surface area contributed by atoms with Gasteiger partial charge in [0.2, 0.25) is 0 Å². The maximum Gasteiger partial charge on any atom is 0.357 e. The third-order valence-corrected chi connectivity index (χ3v) is 4.57. The molecule has 1 aromatic heterocycles. The lowest BCUT2D eigenvalue weighted by Crippen LogP contribution is -2.25. The standard InChI is InChI=1S/C11H18N2O2S2/c1-7-8(9(14)15-4)13-10(17-7)12-6-11(2,3)16-5/h6H2,1-5H3,(H,12,13). The Balaban J connectivity index is 2.71. The second-order valence-electron chi connectivity index (χ2n) is 4.23. The summed E-state index contributed by atoms with van der Waals surface area (Å²) < 4.78 is 4.81. The number of hydrogen-bond donors (Lipinski definition) is 1. The van der Waals surface area contributed by atoms with Crippen LogP contribution in [0.25, 0.3) is 0 Å². The first-order valence-electron chi connectivity index (χ1n) is 5.24. The van der Waals surface area contributed by atoms with Crippen LogP contribution in [0.4, 0.5) is 5.13 Å². The largest absolute Gasteiger partial charge is 0.464 e. The number of rotatable bonds is 5. The molecule has 0 fully saturated rings. The molecule has 0 aromatic carbocycles. The molecule has 0 aliphatic carbocycles. The van der Waals surface area contributed by atoms with Crippen LogP contribution in [0, 0.1) is 6.92 Å². The van der Waals surface area contributed by atoms with Crippen LogP contribution in [0.1, 0.15) is 29.2 Å². The van der Waals surface area contributed by atoms with E-state index in [0.29, 0.717) is 5.69 Å². The molecule has 4 nitrogen and oxygen atoms in total. The number of hydrogen-bond acceptors (Lipinski definition) is 6. The molecule has 1 rings (SSSR count). The first kappa shape index (κ1) is 14.3. The second kappa shape index (κ2) is 5.73. The molecule has 6 heteroatoms. The van der Waals surface area contributed by atoms with Gasteiger partial charge in [0.25, 0.3) is 0 Å².